The molecule has 0 fully saturated rings. The van der Waals surface area contributed by atoms with E-state index in [1.165, 1.54) is 22.9 Å². The molecular weight excluding hydrogens is 340 g/mol. The van der Waals surface area contributed by atoms with Gasteiger partial charge >= 0.3 is 0 Å². The van der Waals surface area contributed by atoms with Crippen molar-refractivity contribution in [1.29, 1.82) is 0 Å². The summed E-state index contributed by atoms with van der Waals surface area (Å²) in [5.41, 5.74) is 0.288. The van der Waals surface area contributed by atoms with Gasteiger partial charge in [-0.15, -0.1) is 0 Å². The van der Waals surface area contributed by atoms with Gasteiger partial charge in [-0.05, 0) is 30.7 Å². The predicted octanol–water partition coefficient (Wildman–Crippen LogP) is 1.15. The molecule has 23 heavy (non-hydrogen) atoms. The molecule has 0 radical (unpaired) electrons. The second kappa shape index (κ2) is 7.27. The number of hydrogen-bond acceptors (Lipinski definition) is 4. The van der Waals surface area contributed by atoms with E-state index in [0.29, 0.717) is 10.6 Å². The van der Waals surface area contributed by atoms with Crippen LogP contribution in [0.25, 0.3) is 0 Å². The van der Waals surface area contributed by atoms with Gasteiger partial charge in [0.15, 0.2) is 0 Å². The van der Waals surface area contributed by atoms with Crippen molar-refractivity contribution in [3.8, 4) is 0 Å². The summed E-state index contributed by atoms with van der Waals surface area (Å²) in [6.45, 7) is 1.44. The number of sulfonamides is 1. The lowest BCUT2D eigenvalue weighted by molar-refractivity contribution is 0.156. The summed E-state index contributed by atoms with van der Waals surface area (Å²) in [6.07, 6.45) is 0.491. The lowest BCUT2D eigenvalue weighted by Crippen LogP contribution is -2.36. The molecular formula is C15H17ClN2O4S. The van der Waals surface area contributed by atoms with Gasteiger partial charge in [0, 0.05) is 23.8 Å². The van der Waals surface area contributed by atoms with Crippen molar-refractivity contribution < 1.29 is 13.5 Å². The van der Waals surface area contributed by atoms with Gasteiger partial charge in [-0.25, -0.2) is 13.1 Å². The lowest BCUT2D eigenvalue weighted by Gasteiger charge is -2.14. The number of halogens is 1. The predicted molar refractivity (Wildman–Crippen MR) is 88.1 cm³/mol. The van der Waals surface area contributed by atoms with Gasteiger partial charge in [0.2, 0.25) is 10.0 Å². The van der Waals surface area contributed by atoms with Gasteiger partial charge < -0.3 is 9.67 Å². The van der Waals surface area contributed by atoms with Crippen LogP contribution in [-0.2, 0) is 16.6 Å². The Morgan fingerprint density at radius 1 is 1.30 bits per heavy atom. The molecule has 6 nitrogen and oxygen atoms in total. The first-order valence-corrected chi connectivity index (χ1v) is 8.75. The molecule has 0 aliphatic carbocycles. The molecule has 0 bridgehead atoms. The molecule has 1 heterocycles. The number of aliphatic hydroxyl groups is 1. The fraction of sp³-hybridized carbons (Fsp3) is 0.267. The number of benzene rings is 1. The molecule has 0 spiro atoms. The zero-order chi connectivity index (χ0) is 17.0. The summed E-state index contributed by atoms with van der Waals surface area (Å²) >= 11 is 5.83. The van der Waals surface area contributed by atoms with Crippen molar-refractivity contribution >= 4 is 21.6 Å². The van der Waals surface area contributed by atoms with Crippen LogP contribution in [0.3, 0.4) is 0 Å². The SMILES string of the molecule is Cc1ccc(Cl)cc1S(=O)(=O)NCC(O)Cn1ccccc1=O. The van der Waals surface area contributed by atoms with Crippen molar-refractivity contribution in [2.75, 3.05) is 6.54 Å². The van der Waals surface area contributed by atoms with Crippen molar-refractivity contribution in [2.45, 2.75) is 24.5 Å². The van der Waals surface area contributed by atoms with Crippen LogP contribution in [-0.4, -0.2) is 30.7 Å². The van der Waals surface area contributed by atoms with Crippen molar-refractivity contribution in [3.63, 3.8) is 0 Å². The molecule has 0 saturated heterocycles. The summed E-state index contributed by atoms with van der Waals surface area (Å²) in [4.78, 5) is 11.6. The number of aromatic nitrogens is 1. The van der Waals surface area contributed by atoms with Crippen LogP contribution in [0, 0.1) is 6.92 Å². The van der Waals surface area contributed by atoms with Gasteiger partial charge in [-0.3, -0.25) is 4.79 Å². The smallest absolute Gasteiger partial charge is 0.250 e. The molecule has 1 aromatic heterocycles. The molecule has 1 aromatic carbocycles. The molecule has 0 amide bonds. The number of aliphatic hydroxyl groups excluding tert-OH is 1. The summed E-state index contributed by atoms with van der Waals surface area (Å²) in [6, 6.07) is 9.19. The third-order valence-electron chi connectivity index (χ3n) is 3.26. The Bertz CT molecular complexity index is 849. The minimum atomic E-state index is -3.79. The number of nitrogens with one attached hydrogen (secondary N) is 1. The maximum absolute atomic E-state index is 12.3. The van der Waals surface area contributed by atoms with Crippen LogP contribution in [0.2, 0.25) is 5.02 Å². The number of rotatable bonds is 6. The van der Waals surface area contributed by atoms with Gasteiger partial charge in [-0.1, -0.05) is 23.7 Å². The third-order valence-corrected chi connectivity index (χ3v) is 5.06. The normalized spacial score (nSPS) is 13.0. The van der Waals surface area contributed by atoms with E-state index in [1.54, 1.807) is 31.2 Å². The highest BCUT2D eigenvalue weighted by Gasteiger charge is 2.18. The first kappa shape index (κ1) is 17.7. The number of pyridine rings is 1. The molecule has 2 aromatic rings. The molecule has 2 N–H and O–H groups in total. The Kier molecular flexibility index (Phi) is 5.59. The van der Waals surface area contributed by atoms with Gasteiger partial charge in [-0.2, -0.15) is 0 Å². The van der Waals surface area contributed by atoms with E-state index in [9.17, 15) is 18.3 Å². The average molecular weight is 357 g/mol. The Hall–Kier alpha value is -1.67. The highest BCUT2D eigenvalue weighted by Crippen LogP contribution is 2.19. The second-order valence-corrected chi connectivity index (χ2v) is 7.28. The van der Waals surface area contributed by atoms with E-state index >= 15 is 0 Å². The molecule has 1 atom stereocenters. The third kappa shape index (κ3) is 4.65. The molecule has 1 unspecified atom stereocenters. The number of hydrogen-bond donors (Lipinski definition) is 2. The first-order valence-electron chi connectivity index (χ1n) is 6.89. The van der Waals surface area contributed by atoms with Crippen LogP contribution < -0.4 is 10.3 Å². The standard InChI is InChI=1S/C15H17ClN2O4S/c1-11-5-6-12(16)8-14(11)23(21,22)17-9-13(19)10-18-7-3-2-4-15(18)20/h2-8,13,17,19H,9-10H2,1H3. The fourth-order valence-electron chi connectivity index (χ4n) is 2.05. The highest BCUT2D eigenvalue weighted by molar-refractivity contribution is 7.89. The minimum Gasteiger partial charge on any atom is -0.390 e. The van der Waals surface area contributed by atoms with Crippen LogP contribution in [0.15, 0.2) is 52.3 Å². The van der Waals surface area contributed by atoms with Crippen LogP contribution in [0.5, 0.6) is 0 Å². The molecule has 8 heteroatoms. The first-order chi connectivity index (χ1) is 10.8. The minimum absolute atomic E-state index is 0.00325. The monoisotopic (exact) mass is 356 g/mol. The average Bonchev–Trinajstić information content (AvgIpc) is 2.50. The van der Waals surface area contributed by atoms with E-state index in [-0.39, 0.29) is 23.5 Å². The molecule has 0 aliphatic rings. The van der Waals surface area contributed by atoms with Crippen LogP contribution in [0.4, 0.5) is 0 Å². The van der Waals surface area contributed by atoms with Gasteiger partial charge in [0.05, 0.1) is 17.5 Å². The summed E-state index contributed by atoms with van der Waals surface area (Å²) < 4.78 is 28.2. The van der Waals surface area contributed by atoms with E-state index < -0.39 is 16.1 Å². The number of nitrogens with zero attached hydrogens (tertiary/aromatic N) is 1. The van der Waals surface area contributed by atoms with Crippen LogP contribution >= 0.6 is 11.6 Å². The zero-order valence-electron chi connectivity index (χ0n) is 12.4. The summed E-state index contributed by atoms with van der Waals surface area (Å²) in [7, 11) is -3.79. The maximum atomic E-state index is 12.3. The summed E-state index contributed by atoms with van der Waals surface area (Å²) in [5, 5.41) is 10.3. The van der Waals surface area contributed by atoms with Crippen molar-refractivity contribution in [1.82, 2.24) is 9.29 Å². The number of aryl methyl sites for hydroxylation is 1. The van der Waals surface area contributed by atoms with Gasteiger partial charge in [0.1, 0.15) is 0 Å². The summed E-state index contributed by atoms with van der Waals surface area (Å²) in [5.74, 6) is 0. The van der Waals surface area contributed by atoms with Crippen LogP contribution in [0.1, 0.15) is 5.56 Å². The molecule has 2 rings (SSSR count). The zero-order valence-corrected chi connectivity index (χ0v) is 14.0. The maximum Gasteiger partial charge on any atom is 0.250 e. The Morgan fingerprint density at radius 2 is 2.04 bits per heavy atom. The van der Waals surface area contributed by atoms with Crippen molar-refractivity contribution in [3.05, 3.63) is 63.5 Å². The Labute approximate surface area is 139 Å². The van der Waals surface area contributed by atoms with E-state index in [4.69, 9.17) is 11.6 Å². The quantitative estimate of drug-likeness (QED) is 0.812. The topological polar surface area (TPSA) is 88.4 Å². The van der Waals surface area contributed by atoms with E-state index in [1.807, 2.05) is 0 Å². The molecule has 124 valence electrons. The van der Waals surface area contributed by atoms with E-state index in [2.05, 4.69) is 4.72 Å². The largest absolute Gasteiger partial charge is 0.390 e. The fourth-order valence-corrected chi connectivity index (χ4v) is 3.63. The highest BCUT2D eigenvalue weighted by atomic mass is 35.5. The Balaban J connectivity index is 2.06. The van der Waals surface area contributed by atoms with E-state index in [0.717, 1.165) is 0 Å². The molecule has 0 saturated carbocycles. The van der Waals surface area contributed by atoms with Gasteiger partial charge in [0.25, 0.3) is 5.56 Å². The second-order valence-electron chi connectivity index (χ2n) is 5.11. The Morgan fingerprint density at radius 3 is 2.74 bits per heavy atom. The molecule has 0 aliphatic heterocycles. The van der Waals surface area contributed by atoms with Crippen molar-refractivity contribution in [2.24, 2.45) is 0 Å². The lowest BCUT2D eigenvalue weighted by atomic mass is 10.2.